The third kappa shape index (κ3) is 15.4. The number of hydrogen-bond acceptors (Lipinski definition) is 2. The summed E-state index contributed by atoms with van der Waals surface area (Å²) >= 11 is 0. The van der Waals surface area contributed by atoms with Crippen LogP contribution in [0.2, 0.25) is 0 Å². The van der Waals surface area contributed by atoms with E-state index in [1.165, 1.54) is 96.3 Å². The Morgan fingerprint density at radius 2 is 0.875 bits per heavy atom. The molecule has 0 aromatic rings. The molecule has 2 heteroatoms. The van der Waals surface area contributed by atoms with Gasteiger partial charge in [0.15, 0.2) is 0 Å². The van der Waals surface area contributed by atoms with Crippen molar-refractivity contribution in [1.82, 2.24) is 0 Å². The van der Waals surface area contributed by atoms with E-state index in [9.17, 15) is 0 Å². The van der Waals surface area contributed by atoms with Crippen LogP contribution < -0.4 is 0 Å². The molecule has 24 heavy (non-hydrogen) atoms. The predicted octanol–water partition coefficient (Wildman–Crippen LogP) is 7.16. The summed E-state index contributed by atoms with van der Waals surface area (Å²) in [7, 11) is 3.58. The monoisotopic (exact) mass is 342 g/mol. The summed E-state index contributed by atoms with van der Waals surface area (Å²) in [5.74, 6) is 0. The van der Waals surface area contributed by atoms with Gasteiger partial charge in [-0.25, -0.2) is 0 Å². The minimum Gasteiger partial charge on any atom is -0.384 e. The molecule has 0 fully saturated rings. The third-order valence-corrected chi connectivity index (χ3v) is 5.12. The Kier molecular flexibility index (Phi) is 17.7. The summed E-state index contributed by atoms with van der Waals surface area (Å²) < 4.78 is 10.7. The van der Waals surface area contributed by atoms with E-state index < -0.39 is 0 Å². The quantitative estimate of drug-likeness (QED) is 0.232. The molecule has 0 aliphatic heterocycles. The van der Waals surface area contributed by atoms with Crippen LogP contribution in [0.25, 0.3) is 0 Å². The van der Waals surface area contributed by atoms with E-state index in [-0.39, 0.29) is 5.41 Å². The molecule has 0 aromatic carbocycles. The minimum atomic E-state index is 0.195. The Hall–Kier alpha value is -0.0800. The van der Waals surface area contributed by atoms with Crippen molar-refractivity contribution in [2.75, 3.05) is 27.4 Å². The lowest BCUT2D eigenvalue weighted by Crippen LogP contribution is -2.28. The topological polar surface area (TPSA) is 18.5 Å². The molecule has 2 nitrogen and oxygen atoms in total. The van der Waals surface area contributed by atoms with Crippen LogP contribution in [-0.4, -0.2) is 27.4 Å². The first-order valence-electron chi connectivity index (χ1n) is 10.7. The SMILES string of the molecule is CCCCCCCCCCCCCCCCC(C)(COC)COC. The standard InChI is InChI=1S/C22H46O2/c1-5-6-7-8-9-10-11-12-13-14-15-16-17-18-19-22(2,20-23-3)21-24-4/h5-21H2,1-4H3. The van der Waals surface area contributed by atoms with Gasteiger partial charge in [0.05, 0.1) is 13.2 Å². The molecular weight excluding hydrogens is 296 g/mol. The van der Waals surface area contributed by atoms with Crippen LogP contribution in [0.4, 0.5) is 0 Å². The first kappa shape index (κ1) is 23.9. The summed E-state index contributed by atoms with van der Waals surface area (Å²) in [6.07, 6.45) is 21.1. The van der Waals surface area contributed by atoms with Gasteiger partial charge < -0.3 is 9.47 Å². The Morgan fingerprint density at radius 3 is 1.21 bits per heavy atom. The lowest BCUT2D eigenvalue weighted by molar-refractivity contribution is 0.0151. The Bertz CT molecular complexity index is 234. The van der Waals surface area contributed by atoms with Crippen molar-refractivity contribution in [2.24, 2.45) is 5.41 Å². The second kappa shape index (κ2) is 17.7. The maximum absolute atomic E-state index is 5.35. The zero-order valence-electron chi connectivity index (χ0n) is 17.3. The molecule has 0 N–H and O–H groups in total. The second-order valence-electron chi connectivity index (χ2n) is 8.02. The molecule has 0 spiro atoms. The fraction of sp³-hybridized carbons (Fsp3) is 1.00. The van der Waals surface area contributed by atoms with Gasteiger partial charge in [-0.05, 0) is 6.42 Å². The predicted molar refractivity (Wildman–Crippen MR) is 107 cm³/mol. The van der Waals surface area contributed by atoms with E-state index in [4.69, 9.17) is 9.47 Å². The van der Waals surface area contributed by atoms with E-state index in [2.05, 4.69) is 13.8 Å². The normalized spacial score (nSPS) is 12.0. The highest BCUT2D eigenvalue weighted by Crippen LogP contribution is 2.25. The second-order valence-corrected chi connectivity index (χ2v) is 8.02. The van der Waals surface area contributed by atoms with E-state index in [0.717, 1.165) is 13.2 Å². The molecular formula is C22H46O2. The molecule has 0 aliphatic carbocycles. The van der Waals surface area contributed by atoms with Crippen molar-refractivity contribution in [3.05, 3.63) is 0 Å². The molecule has 0 aliphatic rings. The van der Waals surface area contributed by atoms with Gasteiger partial charge in [0.2, 0.25) is 0 Å². The van der Waals surface area contributed by atoms with Gasteiger partial charge in [0.25, 0.3) is 0 Å². The number of hydrogen-bond donors (Lipinski definition) is 0. The van der Waals surface area contributed by atoms with Crippen LogP contribution in [0.15, 0.2) is 0 Å². The maximum Gasteiger partial charge on any atom is 0.0538 e. The fourth-order valence-electron chi connectivity index (χ4n) is 3.63. The van der Waals surface area contributed by atoms with Crippen LogP contribution in [0.1, 0.15) is 110 Å². The van der Waals surface area contributed by atoms with Crippen molar-refractivity contribution >= 4 is 0 Å². The summed E-state index contributed by atoms with van der Waals surface area (Å²) in [6.45, 7) is 6.18. The molecule has 0 amide bonds. The van der Waals surface area contributed by atoms with Crippen molar-refractivity contribution < 1.29 is 9.47 Å². The number of methoxy groups -OCH3 is 2. The molecule has 0 radical (unpaired) electrons. The third-order valence-electron chi connectivity index (χ3n) is 5.12. The maximum atomic E-state index is 5.35. The molecule has 0 aromatic heterocycles. The molecule has 0 saturated carbocycles. The van der Waals surface area contributed by atoms with Gasteiger partial charge in [0, 0.05) is 19.6 Å². The average Bonchev–Trinajstić information content (AvgIpc) is 2.55. The minimum absolute atomic E-state index is 0.195. The zero-order valence-corrected chi connectivity index (χ0v) is 17.3. The zero-order chi connectivity index (χ0) is 17.9. The summed E-state index contributed by atoms with van der Waals surface area (Å²) in [6, 6.07) is 0. The van der Waals surface area contributed by atoms with E-state index >= 15 is 0 Å². The average molecular weight is 343 g/mol. The Labute approximate surface area is 153 Å². The van der Waals surface area contributed by atoms with Crippen LogP contribution in [-0.2, 0) is 9.47 Å². The van der Waals surface area contributed by atoms with E-state index in [0.29, 0.717) is 0 Å². The van der Waals surface area contributed by atoms with Crippen molar-refractivity contribution in [3.8, 4) is 0 Å². The first-order chi connectivity index (χ1) is 11.7. The largest absolute Gasteiger partial charge is 0.384 e. The molecule has 0 bridgehead atoms. The molecule has 0 heterocycles. The van der Waals surface area contributed by atoms with Gasteiger partial charge in [0.1, 0.15) is 0 Å². The van der Waals surface area contributed by atoms with E-state index in [1.807, 2.05) is 0 Å². The van der Waals surface area contributed by atoms with Crippen LogP contribution in [0.5, 0.6) is 0 Å². The van der Waals surface area contributed by atoms with Crippen LogP contribution >= 0.6 is 0 Å². The summed E-state index contributed by atoms with van der Waals surface area (Å²) in [5, 5.41) is 0. The van der Waals surface area contributed by atoms with Gasteiger partial charge in [-0.2, -0.15) is 0 Å². The van der Waals surface area contributed by atoms with Gasteiger partial charge >= 0.3 is 0 Å². The number of unbranched alkanes of at least 4 members (excludes halogenated alkanes) is 13. The first-order valence-corrected chi connectivity index (χ1v) is 10.7. The van der Waals surface area contributed by atoms with Crippen LogP contribution in [0.3, 0.4) is 0 Å². The molecule has 0 rings (SSSR count). The lowest BCUT2D eigenvalue weighted by Gasteiger charge is -2.27. The highest BCUT2D eigenvalue weighted by atomic mass is 16.5. The fourth-order valence-corrected chi connectivity index (χ4v) is 3.63. The van der Waals surface area contributed by atoms with E-state index in [1.54, 1.807) is 14.2 Å². The lowest BCUT2D eigenvalue weighted by atomic mass is 9.86. The molecule has 146 valence electrons. The van der Waals surface area contributed by atoms with Crippen molar-refractivity contribution in [1.29, 1.82) is 0 Å². The Balaban J connectivity index is 3.30. The molecule has 0 saturated heterocycles. The van der Waals surface area contributed by atoms with Crippen molar-refractivity contribution in [2.45, 2.75) is 110 Å². The number of ether oxygens (including phenoxy) is 2. The van der Waals surface area contributed by atoms with Gasteiger partial charge in [-0.3, -0.25) is 0 Å². The highest BCUT2D eigenvalue weighted by molar-refractivity contribution is 4.73. The number of rotatable bonds is 19. The highest BCUT2D eigenvalue weighted by Gasteiger charge is 2.23. The van der Waals surface area contributed by atoms with Crippen molar-refractivity contribution in [3.63, 3.8) is 0 Å². The summed E-state index contributed by atoms with van der Waals surface area (Å²) in [5.41, 5.74) is 0.195. The smallest absolute Gasteiger partial charge is 0.0538 e. The van der Waals surface area contributed by atoms with Crippen LogP contribution in [0, 0.1) is 5.41 Å². The van der Waals surface area contributed by atoms with Gasteiger partial charge in [-0.15, -0.1) is 0 Å². The van der Waals surface area contributed by atoms with Gasteiger partial charge in [-0.1, -0.05) is 104 Å². The molecule has 0 atom stereocenters. The summed E-state index contributed by atoms with van der Waals surface area (Å²) in [4.78, 5) is 0. The Morgan fingerprint density at radius 1 is 0.542 bits per heavy atom. The molecule has 0 unspecified atom stereocenters.